The normalized spacial score (nSPS) is 21.9. The molecule has 0 radical (unpaired) electrons. The van der Waals surface area contributed by atoms with Crippen molar-refractivity contribution >= 4 is 64.1 Å². The molecule has 0 aliphatic heterocycles. The fourth-order valence-corrected chi connectivity index (χ4v) is 5.52. The quantitative estimate of drug-likeness (QED) is 0.366. The Hall–Kier alpha value is -0.520. The third-order valence-electron chi connectivity index (χ3n) is 5.36. The fraction of sp³-hybridized carbons (Fsp3) is 0.522. The molecule has 1 aromatic rings. The van der Waals surface area contributed by atoms with Crippen molar-refractivity contribution in [1.29, 1.82) is 0 Å². The molecule has 3 atom stereocenters. The Bertz CT molecular complexity index is 856. The van der Waals surface area contributed by atoms with Gasteiger partial charge in [0.15, 0.2) is 4.84 Å². The molecule has 3 rings (SSSR count). The van der Waals surface area contributed by atoms with Gasteiger partial charge in [-0.3, -0.25) is 4.79 Å². The van der Waals surface area contributed by atoms with Crippen LogP contribution in [0.15, 0.2) is 41.5 Å². The van der Waals surface area contributed by atoms with Gasteiger partial charge in [0.1, 0.15) is 5.75 Å². The molecule has 1 amide bonds. The number of nitrogens with one attached hydrogen (secondary N) is 1. The summed E-state index contributed by atoms with van der Waals surface area (Å²) < 4.78 is 5.77. The topological polar surface area (TPSA) is 38.3 Å². The summed E-state index contributed by atoms with van der Waals surface area (Å²) in [5, 5.41) is 4.50. The number of carbonyl (C=O) groups is 1. The van der Waals surface area contributed by atoms with Crippen LogP contribution in [0.4, 0.5) is 0 Å². The summed E-state index contributed by atoms with van der Waals surface area (Å²) in [7, 11) is 0. The third-order valence-corrected chi connectivity index (χ3v) is 7.63. The highest BCUT2D eigenvalue weighted by Crippen LogP contribution is 2.36. The average Bonchev–Trinajstić information content (AvgIpc) is 2.71. The number of hydrogen-bond acceptors (Lipinski definition) is 3. The summed E-state index contributed by atoms with van der Waals surface area (Å²) in [6, 6.07) is 4.71. The number of hydrogen-bond donors (Lipinski definition) is 1. The second-order valence-electron chi connectivity index (χ2n) is 8.13. The van der Waals surface area contributed by atoms with E-state index >= 15 is 0 Å². The van der Waals surface area contributed by atoms with E-state index in [9.17, 15) is 4.79 Å². The number of carbonyl (C=O) groups excluding carboxylic acids is 1. The Kier molecular flexibility index (Phi) is 9.36. The molecule has 3 unspecified atom stereocenters. The summed E-state index contributed by atoms with van der Waals surface area (Å²) in [5.41, 5.74) is 2.57. The number of amides is 1. The van der Waals surface area contributed by atoms with Crippen LogP contribution in [0.3, 0.4) is 0 Å². The molecular formula is C23H27Cl4NO2S. The van der Waals surface area contributed by atoms with Crippen LogP contribution in [0, 0.1) is 5.92 Å². The van der Waals surface area contributed by atoms with E-state index in [1.807, 2.05) is 11.8 Å². The minimum Gasteiger partial charge on any atom is -0.476 e. The number of fused-ring (bicyclic) bond motifs is 1. The number of thioether (sulfide) groups is 1. The molecule has 1 fully saturated rings. The van der Waals surface area contributed by atoms with Crippen molar-refractivity contribution in [2.24, 2.45) is 5.92 Å². The van der Waals surface area contributed by atoms with Crippen LogP contribution in [0.1, 0.15) is 39.5 Å². The first-order chi connectivity index (χ1) is 14.7. The number of benzene rings is 1. The van der Waals surface area contributed by atoms with Gasteiger partial charge in [0.25, 0.3) is 5.91 Å². The lowest BCUT2D eigenvalue weighted by Crippen LogP contribution is -2.48. The molecule has 0 bridgehead atoms. The van der Waals surface area contributed by atoms with Crippen LogP contribution in [0.2, 0.25) is 10.0 Å². The first kappa shape index (κ1) is 25.1. The van der Waals surface area contributed by atoms with E-state index in [2.05, 4.69) is 31.3 Å². The standard InChI is InChI=1S/C23H27Cl4NO2S/c1-13(2)31-12-14-6-8-17-15(10-14)4-3-5-19(17)28-23(29)21(22(26)27)30-20-9-7-16(24)11-18(20)25/h7-11,13-14,19,21-22H,3-6,12H2,1-2H3,(H,28,29). The van der Waals surface area contributed by atoms with E-state index in [-0.39, 0.29) is 11.9 Å². The van der Waals surface area contributed by atoms with E-state index in [1.54, 1.807) is 18.2 Å². The smallest absolute Gasteiger partial charge is 0.264 e. The van der Waals surface area contributed by atoms with Crippen molar-refractivity contribution in [3.8, 4) is 5.75 Å². The highest BCUT2D eigenvalue weighted by Gasteiger charge is 2.33. The van der Waals surface area contributed by atoms with Crippen molar-refractivity contribution in [3.05, 3.63) is 51.5 Å². The number of rotatable bonds is 8. The van der Waals surface area contributed by atoms with E-state index in [0.29, 0.717) is 27.0 Å². The summed E-state index contributed by atoms with van der Waals surface area (Å²) in [6.07, 6.45) is 7.55. The van der Waals surface area contributed by atoms with Gasteiger partial charge >= 0.3 is 0 Å². The van der Waals surface area contributed by atoms with Crippen molar-refractivity contribution in [2.45, 2.75) is 61.8 Å². The van der Waals surface area contributed by atoms with Crippen LogP contribution >= 0.6 is 58.2 Å². The van der Waals surface area contributed by atoms with Gasteiger partial charge in [-0.2, -0.15) is 11.8 Å². The van der Waals surface area contributed by atoms with Crippen LogP contribution < -0.4 is 10.1 Å². The first-order valence-electron chi connectivity index (χ1n) is 10.5. The Balaban J connectivity index is 1.67. The van der Waals surface area contributed by atoms with Gasteiger partial charge in [0.05, 0.1) is 11.1 Å². The zero-order chi connectivity index (χ0) is 22.5. The number of allylic oxidation sites excluding steroid dienone is 2. The van der Waals surface area contributed by atoms with Crippen molar-refractivity contribution < 1.29 is 9.53 Å². The van der Waals surface area contributed by atoms with E-state index in [4.69, 9.17) is 51.1 Å². The predicted molar refractivity (Wildman–Crippen MR) is 134 cm³/mol. The lowest BCUT2D eigenvalue weighted by Gasteiger charge is -2.33. The van der Waals surface area contributed by atoms with Gasteiger partial charge in [0, 0.05) is 10.8 Å². The maximum Gasteiger partial charge on any atom is 0.264 e. The van der Waals surface area contributed by atoms with Crippen molar-refractivity contribution in [1.82, 2.24) is 5.32 Å². The van der Waals surface area contributed by atoms with E-state index < -0.39 is 10.9 Å². The Morgan fingerprint density at radius 2 is 2.06 bits per heavy atom. The lowest BCUT2D eigenvalue weighted by atomic mass is 9.79. The van der Waals surface area contributed by atoms with Gasteiger partial charge in [-0.1, -0.05) is 49.2 Å². The molecule has 1 N–H and O–H groups in total. The summed E-state index contributed by atoms with van der Waals surface area (Å²) in [6.45, 7) is 4.45. The second kappa shape index (κ2) is 11.6. The van der Waals surface area contributed by atoms with Crippen molar-refractivity contribution in [3.63, 3.8) is 0 Å². The zero-order valence-corrected chi connectivity index (χ0v) is 21.4. The zero-order valence-electron chi connectivity index (χ0n) is 17.5. The van der Waals surface area contributed by atoms with Gasteiger partial charge in [-0.25, -0.2) is 0 Å². The molecule has 170 valence electrons. The predicted octanol–water partition coefficient (Wildman–Crippen LogP) is 7.23. The Labute approximate surface area is 208 Å². The molecule has 31 heavy (non-hydrogen) atoms. The molecule has 2 aliphatic rings. The third kappa shape index (κ3) is 6.98. The summed E-state index contributed by atoms with van der Waals surface area (Å²) in [4.78, 5) is 12.0. The molecule has 8 heteroatoms. The molecule has 3 nitrogen and oxygen atoms in total. The Morgan fingerprint density at radius 1 is 1.29 bits per heavy atom. The van der Waals surface area contributed by atoms with Gasteiger partial charge in [-0.15, -0.1) is 23.2 Å². The molecule has 2 aliphatic carbocycles. The minimum atomic E-state index is -1.09. The number of ether oxygens (including phenoxy) is 1. The minimum absolute atomic E-state index is 0.0647. The largest absolute Gasteiger partial charge is 0.476 e. The maximum atomic E-state index is 13.0. The van der Waals surface area contributed by atoms with Crippen molar-refractivity contribution in [2.75, 3.05) is 5.75 Å². The Morgan fingerprint density at radius 3 is 2.74 bits per heavy atom. The van der Waals surface area contributed by atoms with Crippen LogP contribution in [-0.4, -0.2) is 33.9 Å². The highest BCUT2D eigenvalue weighted by atomic mass is 35.5. The maximum absolute atomic E-state index is 13.0. The average molecular weight is 523 g/mol. The van der Waals surface area contributed by atoms with E-state index in [0.717, 1.165) is 31.4 Å². The SMILES string of the molecule is CC(C)SCC1C=C2CCCC(NC(=O)C(Oc3ccc(Cl)cc3Cl)C(Cl)Cl)C2=CC1. The molecule has 0 aromatic heterocycles. The highest BCUT2D eigenvalue weighted by molar-refractivity contribution is 7.99. The number of halogens is 4. The molecule has 0 saturated heterocycles. The lowest BCUT2D eigenvalue weighted by molar-refractivity contribution is -0.128. The monoisotopic (exact) mass is 521 g/mol. The fourth-order valence-electron chi connectivity index (χ4n) is 3.87. The number of alkyl halides is 2. The van der Waals surface area contributed by atoms with Gasteiger partial charge < -0.3 is 10.1 Å². The second-order valence-corrected chi connectivity index (χ2v) is 11.7. The van der Waals surface area contributed by atoms with Gasteiger partial charge in [0.2, 0.25) is 6.10 Å². The molecule has 1 aromatic carbocycles. The molecule has 0 spiro atoms. The summed E-state index contributed by atoms with van der Waals surface area (Å²) >= 11 is 26.3. The first-order valence-corrected chi connectivity index (χ1v) is 13.1. The molecule has 1 saturated carbocycles. The summed E-state index contributed by atoms with van der Waals surface area (Å²) in [5.74, 6) is 1.63. The molecular weight excluding hydrogens is 496 g/mol. The van der Waals surface area contributed by atoms with Crippen LogP contribution in [0.25, 0.3) is 0 Å². The van der Waals surface area contributed by atoms with Crippen LogP contribution in [0.5, 0.6) is 5.75 Å². The van der Waals surface area contributed by atoms with E-state index in [1.165, 1.54) is 11.1 Å². The van der Waals surface area contributed by atoms with Gasteiger partial charge in [-0.05, 0) is 66.2 Å². The molecule has 0 heterocycles. The van der Waals surface area contributed by atoms with Crippen LogP contribution in [-0.2, 0) is 4.79 Å².